The number of nitrogens with zero attached hydrogens (tertiary/aromatic N) is 1. The molecular formula is C16H13NO. The minimum atomic E-state index is -0.720. The summed E-state index contributed by atoms with van der Waals surface area (Å²) in [6, 6.07) is 19.8. The van der Waals surface area contributed by atoms with E-state index in [1.54, 1.807) is 6.21 Å². The molecule has 0 saturated carbocycles. The van der Waals surface area contributed by atoms with Crippen molar-refractivity contribution in [3.05, 3.63) is 78.4 Å². The molecule has 1 aliphatic rings. The molecule has 18 heavy (non-hydrogen) atoms. The number of rotatable bonds is 3. The van der Waals surface area contributed by atoms with E-state index in [2.05, 4.69) is 4.99 Å². The van der Waals surface area contributed by atoms with Crippen molar-refractivity contribution in [1.82, 2.24) is 0 Å². The maximum absolute atomic E-state index is 6.06. The predicted molar refractivity (Wildman–Crippen MR) is 72.8 cm³/mol. The zero-order valence-corrected chi connectivity index (χ0v) is 9.86. The summed E-state index contributed by atoms with van der Waals surface area (Å²) in [5.74, 6) is 0.810. The lowest BCUT2D eigenvalue weighted by Gasteiger charge is -2.26. The Balaban J connectivity index is 1.99. The summed E-state index contributed by atoms with van der Waals surface area (Å²) < 4.78 is 6.06. The molecular weight excluding hydrogens is 222 g/mol. The van der Waals surface area contributed by atoms with E-state index in [9.17, 15) is 0 Å². The summed E-state index contributed by atoms with van der Waals surface area (Å²) in [6.45, 7) is 0. The predicted octanol–water partition coefficient (Wildman–Crippen LogP) is 3.56. The second kappa shape index (κ2) is 4.49. The number of ether oxygens (including phenoxy) is 1. The van der Waals surface area contributed by atoms with E-state index in [-0.39, 0.29) is 0 Å². The van der Waals surface area contributed by atoms with Gasteiger partial charge in [-0.2, -0.15) is 0 Å². The summed E-state index contributed by atoms with van der Waals surface area (Å²) >= 11 is 0. The normalized spacial score (nSPS) is 21.1. The van der Waals surface area contributed by atoms with Crippen molar-refractivity contribution in [1.29, 1.82) is 0 Å². The third kappa shape index (κ3) is 1.93. The number of para-hydroxylation sites is 1. The zero-order valence-electron chi connectivity index (χ0n) is 9.86. The minimum absolute atomic E-state index is 0.720. The molecule has 88 valence electrons. The Bertz CT molecular complexity index is 561. The van der Waals surface area contributed by atoms with Crippen molar-refractivity contribution < 1.29 is 4.74 Å². The average Bonchev–Trinajstić information content (AvgIpc) is 2.91. The van der Waals surface area contributed by atoms with E-state index in [4.69, 9.17) is 4.74 Å². The van der Waals surface area contributed by atoms with Gasteiger partial charge in [0.05, 0.1) is 0 Å². The van der Waals surface area contributed by atoms with Crippen molar-refractivity contribution in [2.75, 3.05) is 0 Å². The summed E-state index contributed by atoms with van der Waals surface area (Å²) in [5.41, 5.74) is 0.307. The molecule has 0 fully saturated rings. The monoisotopic (exact) mass is 235 g/mol. The van der Waals surface area contributed by atoms with Crippen LogP contribution in [0.3, 0.4) is 0 Å². The molecule has 1 heterocycles. The zero-order chi connectivity index (χ0) is 12.3. The van der Waals surface area contributed by atoms with Crippen molar-refractivity contribution >= 4 is 6.21 Å². The SMILES string of the molecule is C1=CC(Oc2ccccc2)(c2ccccc2)N=C1. The van der Waals surface area contributed by atoms with E-state index >= 15 is 0 Å². The quantitative estimate of drug-likeness (QED) is 0.797. The molecule has 0 bridgehead atoms. The molecule has 0 N–H and O–H groups in total. The molecule has 2 nitrogen and oxygen atoms in total. The average molecular weight is 235 g/mol. The smallest absolute Gasteiger partial charge is 0.246 e. The van der Waals surface area contributed by atoms with Crippen LogP contribution in [-0.4, -0.2) is 6.21 Å². The molecule has 0 saturated heterocycles. The first-order valence-electron chi connectivity index (χ1n) is 5.92. The van der Waals surface area contributed by atoms with E-state index in [1.165, 1.54) is 0 Å². The van der Waals surface area contributed by atoms with Crippen LogP contribution >= 0.6 is 0 Å². The van der Waals surface area contributed by atoms with Gasteiger partial charge in [0.2, 0.25) is 5.72 Å². The fourth-order valence-electron chi connectivity index (χ4n) is 2.01. The minimum Gasteiger partial charge on any atom is -0.458 e. The molecule has 0 spiro atoms. The molecule has 1 aliphatic heterocycles. The molecule has 3 rings (SSSR count). The Morgan fingerprint density at radius 3 is 2.11 bits per heavy atom. The second-order valence-corrected chi connectivity index (χ2v) is 4.11. The van der Waals surface area contributed by atoms with Gasteiger partial charge in [-0.05, 0) is 24.3 Å². The van der Waals surface area contributed by atoms with Crippen molar-refractivity contribution in [2.24, 2.45) is 4.99 Å². The molecule has 1 atom stereocenters. The van der Waals surface area contributed by atoms with Crippen LogP contribution in [0.2, 0.25) is 0 Å². The van der Waals surface area contributed by atoms with Gasteiger partial charge in [0.15, 0.2) is 0 Å². The van der Waals surface area contributed by atoms with Gasteiger partial charge in [0, 0.05) is 11.8 Å². The summed E-state index contributed by atoms with van der Waals surface area (Å²) in [7, 11) is 0. The molecule has 0 aromatic heterocycles. The van der Waals surface area contributed by atoms with Gasteiger partial charge in [-0.3, -0.25) is 0 Å². The Morgan fingerprint density at radius 1 is 0.833 bits per heavy atom. The topological polar surface area (TPSA) is 21.6 Å². The van der Waals surface area contributed by atoms with Crippen molar-refractivity contribution in [3.8, 4) is 5.75 Å². The highest BCUT2D eigenvalue weighted by Crippen LogP contribution is 2.32. The maximum atomic E-state index is 6.06. The summed E-state index contributed by atoms with van der Waals surface area (Å²) in [4.78, 5) is 4.47. The highest BCUT2D eigenvalue weighted by Gasteiger charge is 2.32. The molecule has 0 aliphatic carbocycles. The molecule has 2 heteroatoms. The Morgan fingerprint density at radius 2 is 1.50 bits per heavy atom. The number of hydrogen-bond acceptors (Lipinski definition) is 2. The van der Waals surface area contributed by atoms with Crippen LogP contribution in [0.1, 0.15) is 5.56 Å². The first-order valence-corrected chi connectivity index (χ1v) is 5.92. The van der Waals surface area contributed by atoms with E-state index in [0.717, 1.165) is 11.3 Å². The summed E-state index contributed by atoms with van der Waals surface area (Å²) in [5, 5.41) is 0. The van der Waals surface area contributed by atoms with Gasteiger partial charge in [0.1, 0.15) is 5.75 Å². The van der Waals surface area contributed by atoms with Crippen LogP contribution in [0.5, 0.6) is 5.75 Å². The lowest BCUT2D eigenvalue weighted by Crippen LogP contribution is -2.26. The lowest BCUT2D eigenvalue weighted by molar-refractivity contribution is 0.133. The van der Waals surface area contributed by atoms with Gasteiger partial charge in [0.25, 0.3) is 0 Å². The second-order valence-electron chi connectivity index (χ2n) is 4.11. The molecule has 2 aromatic carbocycles. The molecule has 2 aromatic rings. The number of aliphatic imine (C=N–C) groups is 1. The van der Waals surface area contributed by atoms with Gasteiger partial charge in [-0.1, -0.05) is 48.5 Å². The van der Waals surface area contributed by atoms with Crippen LogP contribution in [0.4, 0.5) is 0 Å². The molecule has 0 amide bonds. The third-order valence-electron chi connectivity index (χ3n) is 2.88. The Kier molecular flexibility index (Phi) is 2.69. The van der Waals surface area contributed by atoms with E-state index < -0.39 is 5.72 Å². The van der Waals surface area contributed by atoms with Gasteiger partial charge < -0.3 is 4.74 Å². The van der Waals surface area contributed by atoms with Crippen LogP contribution in [0.15, 0.2) is 77.8 Å². The van der Waals surface area contributed by atoms with E-state index in [1.807, 2.05) is 72.8 Å². The molecule has 0 radical (unpaired) electrons. The van der Waals surface area contributed by atoms with Crippen LogP contribution in [0, 0.1) is 0 Å². The highest BCUT2D eigenvalue weighted by atomic mass is 16.5. The lowest BCUT2D eigenvalue weighted by atomic mass is 10.0. The Labute approximate surface area is 106 Å². The Hall–Kier alpha value is -2.35. The van der Waals surface area contributed by atoms with Gasteiger partial charge in [-0.15, -0.1) is 0 Å². The fourth-order valence-corrected chi connectivity index (χ4v) is 2.01. The third-order valence-corrected chi connectivity index (χ3v) is 2.88. The van der Waals surface area contributed by atoms with Crippen LogP contribution in [0.25, 0.3) is 0 Å². The molecule has 1 unspecified atom stereocenters. The number of benzene rings is 2. The summed E-state index contributed by atoms with van der Waals surface area (Å²) in [6.07, 6.45) is 5.65. The van der Waals surface area contributed by atoms with Crippen LogP contribution in [-0.2, 0) is 5.72 Å². The van der Waals surface area contributed by atoms with Gasteiger partial charge >= 0.3 is 0 Å². The van der Waals surface area contributed by atoms with Crippen molar-refractivity contribution in [2.45, 2.75) is 5.72 Å². The number of allylic oxidation sites excluding steroid dienone is 1. The standard InChI is InChI=1S/C16H13NO/c1-3-8-14(9-4-1)16(12-7-13-17-16)18-15-10-5-2-6-11-15/h1-13H. The van der Waals surface area contributed by atoms with E-state index in [0.29, 0.717) is 0 Å². The number of hydrogen-bond donors (Lipinski definition) is 0. The fraction of sp³-hybridized carbons (Fsp3) is 0.0625. The maximum Gasteiger partial charge on any atom is 0.246 e. The first kappa shape index (κ1) is 10.8. The highest BCUT2D eigenvalue weighted by molar-refractivity contribution is 5.75. The van der Waals surface area contributed by atoms with Gasteiger partial charge in [-0.25, -0.2) is 4.99 Å². The largest absolute Gasteiger partial charge is 0.458 e. The van der Waals surface area contributed by atoms with Crippen molar-refractivity contribution in [3.63, 3.8) is 0 Å². The van der Waals surface area contributed by atoms with Crippen LogP contribution < -0.4 is 4.74 Å². The first-order chi connectivity index (χ1) is 8.89.